The van der Waals surface area contributed by atoms with E-state index in [1.165, 1.54) is 7.14 Å². The van der Waals surface area contributed by atoms with Gasteiger partial charge in [-0.2, -0.15) is 0 Å². The lowest BCUT2D eigenvalue weighted by molar-refractivity contribution is 0.0697. The lowest BCUT2D eigenvalue weighted by Crippen LogP contribution is -2.05. The van der Waals surface area contributed by atoms with Crippen LogP contribution in [0.4, 0.5) is 17.1 Å². The first-order valence-electron chi connectivity index (χ1n) is 12.2. The number of hydrazine groups is 1. The molecular formula is C32H31I5N5O3+. The number of anilines is 2. The zero-order chi connectivity index (χ0) is 32.9. The predicted molar refractivity (Wildman–Crippen MR) is 228 cm³/mol. The van der Waals surface area contributed by atoms with Gasteiger partial charge in [0.2, 0.25) is 5.39 Å². The first-order valence-corrected chi connectivity index (χ1v) is 17.6. The van der Waals surface area contributed by atoms with Gasteiger partial charge < -0.3 is 21.4 Å². The van der Waals surface area contributed by atoms with Gasteiger partial charge in [-0.1, -0.05) is 7.43 Å². The van der Waals surface area contributed by atoms with E-state index in [0.29, 0.717) is 17.0 Å². The highest BCUT2D eigenvalue weighted by Crippen LogP contribution is 2.13. The number of diazo groups is 1. The zero-order valence-electron chi connectivity index (χ0n) is 22.8. The molecule has 13 heteroatoms. The van der Waals surface area contributed by atoms with E-state index in [1.807, 2.05) is 72.8 Å². The van der Waals surface area contributed by atoms with Crippen LogP contribution in [0, 0.1) is 23.2 Å². The average Bonchev–Trinajstić information content (AvgIpc) is 3.02. The van der Waals surface area contributed by atoms with Gasteiger partial charge in [0.15, 0.2) is 4.98 Å². The monoisotopic (exact) mass is 1170 g/mol. The van der Waals surface area contributed by atoms with E-state index in [0.717, 1.165) is 22.1 Å². The second-order valence-electron chi connectivity index (χ2n) is 8.07. The van der Waals surface area contributed by atoms with Crippen LogP contribution in [-0.2, 0) is 0 Å². The minimum atomic E-state index is -0.878. The number of phenolic OH excluding ortho intramolecular Hbond substituents is 1. The van der Waals surface area contributed by atoms with Gasteiger partial charge >= 0.3 is 11.7 Å². The number of aromatic carboxylic acids is 1. The summed E-state index contributed by atoms with van der Waals surface area (Å²) in [6.07, 6.45) is 0. The van der Waals surface area contributed by atoms with Gasteiger partial charge in [0.1, 0.15) is 5.75 Å². The summed E-state index contributed by atoms with van der Waals surface area (Å²) < 4.78 is 5.76. The molecule has 0 saturated carbocycles. The van der Waals surface area contributed by atoms with E-state index in [2.05, 4.69) is 123 Å². The number of aromatic hydroxyl groups is 1. The summed E-state index contributed by atoms with van der Waals surface area (Å²) in [6.45, 7) is 0. The van der Waals surface area contributed by atoms with Crippen LogP contribution in [0.3, 0.4) is 0 Å². The summed E-state index contributed by atoms with van der Waals surface area (Å²) >= 11 is 11.0. The van der Waals surface area contributed by atoms with Crippen LogP contribution in [-0.4, -0.2) is 16.2 Å². The smallest absolute Gasteiger partial charge is 0.385 e. The van der Waals surface area contributed by atoms with Crippen molar-refractivity contribution in [3.63, 3.8) is 0 Å². The first kappa shape index (κ1) is 43.0. The quantitative estimate of drug-likeness (QED) is 0.0388. The summed E-state index contributed by atoms with van der Waals surface area (Å²) in [4.78, 5) is 13.3. The summed E-state index contributed by atoms with van der Waals surface area (Å²) in [6, 6.07) is 36.6. The number of rotatable bonds is 2. The molecule has 45 heavy (non-hydrogen) atoms. The molecule has 236 valence electrons. The molecule has 5 aromatic rings. The number of hydrogen-bond acceptors (Lipinski definition) is 6. The van der Waals surface area contributed by atoms with E-state index >= 15 is 0 Å². The average molecular weight is 1170 g/mol. The highest BCUT2D eigenvalue weighted by atomic mass is 127. The number of hydrogen-bond donors (Lipinski definition) is 5. The number of carbonyl (C=O) groups is 1. The molecule has 0 fully saturated rings. The van der Waals surface area contributed by atoms with Crippen LogP contribution >= 0.6 is 113 Å². The summed E-state index contributed by atoms with van der Waals surface area (Å²) in [5.74, 6) is 4.59. The maximum absolute atomic E-state index is 10.3. The van der Waals surface area contributed by atoms with Crippen LogP contribution in [0.2, 0.25) is 0 Å². The summed E-state index contributed by atoms with van der Waals surface area (Å²) in [5, 5.41) is 25.5. The number of carboxylic acids is 1. The summed E-state index contributed by atoms with van der Waals surface area (Å²) in [5.41, 5.74) is 10.7. The molecule has 8 nitrogen and oxygen atoms in total. The Hall–Kier alpha value is -2.00. The zero-order valence-corrected chi connectivity index (χ0v) is 33.6. The molecule has 0 saturated heterocycles. The number of benzene rings is 5. The number of nitrogens with two attached hydrogens (primary N) is 2. The van der Waals surface area contributed by atoms with Crippen molar-refractivity contribution in [2.75, 3.05) is 11.2 Å². The van der Waals surface area contributed by atoms with Gasteiger partial charge in [0.25, 0.3) is 0 Å². The Morgan fingerprint density at radius 3 is 1.27 bits per heavy atom. The molecule has 0 aliphatic carbocycles. The van der Waals surface area contributed by atoms with Gasteiger partial charge in [0, 0.05) is 41.4 Å². The standard InChI is InChI=1S/C7H5IO2.C6H7IN2.C6H4IN2.C6H6IN.C6H5IO.CH4/c8-6-3-1-5(2-4-6)7(9)10;2*7-5-1-3-6(9-8)4-2-5;2*7-5-1-3-6(8)4-2-5;/h1-4H,(H,9,10);1-4,9H,8H2;1-4H;1-4H,8H2;1-4,8H;1H4/q;;+1;;;. The largest absolute Gasteiger partial charge is 0.508 e. The molecule has 0 bridgehead atoms. The number of halogens is 5. The maximum atomic E-state index is 10.3. The molecule has 0 heterocycles. The molecule has 0 spiro atoms. The normalized spacial score (nSPS) is 8.82. The Morgan fingerprint density at radius 1 is 0.622 bits per heavy atom. The topological polar surface area (TPSA) is 150 Å². The first-order chi connectivity index (χ1) is 20.9. The Labute approximate surface area is 332 Å². The molecule has 5 aromatic carbocycles. The van der Waals surface area contributed by atoms with Crippen molar-refractivity contribution in [1.82, 2.24) is 0 Å². The Kier molecular flexibility index (Phi) is 24.0. The number of nitrogens with one attached hydrogen (secondary N) is 1. The number of phenols is 1. The van der Waals surface area contributed by atoms with Crippen molar-refractivity contribution in [3.8, 4) is 5.75 Å². The Morgan fingerprint density at radius 2 is 0.956 bits per heavy atom. The van der Waals surface area contributed by atoms with Crippen molar-refractivity contribution in [2.45, 2.75) is 7.43 Å². The van der Waals surface area contributed by atoms with E-state index in [4.69, 9.17) is 27.2 Å². The SMILES string of the molecule is C.N#[N+]c1ccc(I)cc1.NNc1ccc(I)cc1.Nc1ccc(I)cc1.O=C(O)c1ccc(I)cc1.Oc1ccc(I)cc1. The van der Waals surface area contributed by atoms with Gasteiger partial charge in [0.05, 0.1) is 5.56 Å². The molecule has 0 aliphatic heterocycles. The second-order valence-corrected chi connectivity index (χ2v) is 14.3. The van der Waals surface area contributed by atoms with Crippen LogP contribution in [0.5, 0.6) is 5.75 Å². The molecule has 0 aromatic heterocycles. The molecule has 5 rings (SSSR count). The highest BCUT2D eigenvalue weighted by molar-refractivity contribution is 14.1. The highest BCUT2D eigenvalue weighted by Gasteiger charge is 2.00. The maximum Gasteiger partial charge on any atom is 0.385 e. The van der Waals surface area contributed by atoms with Gasteiger partial charge in [-0.15, -0.1) is 0 Å². The predicted octanol–water partition coefficient (Wildman–Crippen LogP) is 10.8. The third-order valence-corrected chi connectivity index (χ3v) is 8.34. The van der Waals surface area contributed by atoms with Crippen molar-refractivity contribution < 1.29 is 15.0 Å². The van der Waals surface area contributed by atoms with E-state index in [9.17, 15) is 4.79 Å². The molecule has 0 amide bonds. The lowest BCUT2D eigenvalue weighted by atomic mass is 10.2. The number of carboxylic acid groups (broad SMARTS) is 1. The van der Waals surface area contributed by atoms with Crippen molar-refractivity contribution >= 4 is 136 Å². The van der Waals surface area contributed by atoms with Gasteiger partial charge in [-0.3, -0.25) is 5.84 Å². The Bertz CT molecular complexity index is 1480. The van der Waals surface area contributed by atoms with E-state index in [-0.39, 0.29) is 7.43 Å². The fourth-order valence-corrected chi connectivity index (χ4v) is 4.35. The van der Waals surface area contributed by atoms with E-state index < -0.39 is 5.97 Å². The minimum absolute atomic E-state index is 0. The van der Waals surface area contributed by atoms with Crippen LogP contribution < -0.4 is 17.0 Å². The van der Waals surface area contributed by atoms with Gasteiger partial charge in [-0.05, 0) is 222 Å². The molecule has 7 N–H and O–H groups in total. The molecule has 0 radical (unpaired) electrons. The van der Waals surface area contributed by atoms with Gasteiger partial charge in [-0.25, -0.2) is 4.79 Å². The van der Waals surface area contributed by atoms with Crippen molar-refractivity contribution in [1.29, 1.82) is 5.39 Å². The molecule has 0 atom stereocenters. The van der Waals surface area contributed by atoms with Crippen LogP contribution in [0.25, 0.3) is 4.98 Å². The van der Waals surface area contributed by atoms with Crippen LogP contribution in [0.15, 0.2) is 121 Å². The third kappa shape index (κ3) is 21.4. The van der Waals surface area contributed by atoms with Crippen molar-refractivity contribution in [3.05, 3.63) is 150 Å². The van der Waals surface area contributed by atoms with E-state index in [1.54, 1.807) is 48.5 Å². The molecule has 0 aliphatic rings. The molecule has 0 unspecified atom stereocenters. The van der Waals surface area contributed by atoms with Crippen LogP contribution in [0.1, 0.15) is 17.8 Å². The second kappa shape index (κ2) is 25.1. The minimum Gasteiger partial charge on any atom is -0.508 e. The molecular weight excluding hydrogens is 1140 g/mol. The summed E-state index contributed by atoms with van der Waals surface area (Å²) in [7, 11) is 0. The lowest BCUT2D eigenvalue weighted by Gasteiger charge is -1.96. The number of nitrogens with zero attached hydrogens (tertiary/aromatic N) is 2. The fraction of sp³-hybridized carbons (Fsp3) is 0.0312. The third-order valence-electron chi connectivity index (χ3n) is 4.74. The fourth-order valence-electron chi connectivity index (χ4n) is 2.55. The Balaban J connectivity index is 0.000000536. The van der Waals surface area contributed by atoms with Crippen molar-refractivity contribution in [2.24, 2.45) is 5.84 Å². The number of nitrogen functional groups attached to an aromatic ring is 2.